The van der Waals surface area contributed by atoms with E-state index in [4.69, 9.17) is 9.47 Å². The zero-order valence-corrected chi connectivity index (χ0v) is 17.7. The van der Waals surface area contributed by atoms with Crippen LogP contribution in [0.25, 0.3) is 11.2 Å². The van der Waals surface area contributed by atoms with Crippen LogP contribution in [0.4, 0.5) is 15.1 Å². The van der Waals surface area contributed by atoms with Crippen LogP contribution in [0.2, 0.25) is 0 Å². The van der Waals surface area contributed by atoms with Gasteiger partial charge in [-0.15, -0.1) is 10.2 Å². The van der Waals surface area contributed by atoms with Gasteiger partial charge in [0, 0.05) is 48.9 Å². The molecule has 9 nitrogen and oxygen atoms in total. The highest BCUT2D eigenvalue weighted by atomic mass is 19.1. The monoisotopic (exact) mass is 438 g/mol. The third kappa shape index (κ3) is 3.61. The predicted molar refractivity (Wildman–Crippen MR) is 115 cm³/mol. The van der Waals surface area contributed by atoms with E-state index in [2.05, 4.69) is 20.5 Å². The van der Waals surface area contributed by atoms with E-state index in [1.807, 2.05) is 6.08 Å². The Morgan fingerprint density at radius 1 is 1.34 bits per heavy atom. The standard InChI is InChI=1S/C22H23FN6O3/c1-2-31-22(30)28-8-5-14(6-9-28)16-11-24-21(29-13-26-27-20(16)29)25-12-17-15-7-10-32-19(15)4-3-18(17)23/h3-5,11,13H,2,6-10,12H2,1H3,(H,24,25). The first kappa shape index (κ1) is 20.2. The minimum atomic E-state index is -0.307. The normalized spacial score (nSPS) is 15.3. The molecule has 0 saturated heterocycles. The SMILES string of the molecule is CCOC(=O)N1CC=C(c2cnc(NCc3c(F)ccc4c3CCO4)n3cnnc23)CC1. The molecular weight excluding hydrogens is 415 g/mol. The number of hydrogen-bond acceptors (Lipinski definition) is 7. The van der Waals surface area contributed by atoms with Crippen LogP contribution < -0.4 is 10.1 Å². The molecular formula is C22H23FN6O3. The summed E-state index contributed by atoms with van der Waals surface area (Å²) < 4.78 is 26.8. The summed E-state index contributed by atoms with van der Waals surface area (Å²) in [5, 5.41) is 11.5. The molecule has 0 radical (unpaired) electrons. The maximum Gasteiger partial charge on any atom is 0.410 e. The molecule has 0 saturated carbocycles. The molecule has 10 heteroatoms. The number of carbonyl (C=O) groups is 1. The molecule has 166 valence electrons. The van der Waals surface area contributed by atoms with E-state index in [0.29, 0.717) is 56.3 Å². The molecule has 2 aromatic heterocycles. The Morgan fingerprint density at radius 2 is 2.25 bits per heavy atom. The first-order valence-corrected chi connectivity index (χ1v) is 10.6. The van der Waals surface area contributed by atoms with Crippen LogP contribution in [0.5, 0.6) is 5.75 Å². The summed E-state index contributed by atoms with van der Waals surface area (Å²) in [6, 6.07) is 3.11. The molecule has 1 amide bonds. The van der Waals surface area contributed by atoms with Gasteiger partial charge in [-0.05, 0) is 31.1 Å². The molecule has 1 aromatic carbocycles. The lowest BCUT2D eigenvalue weighted by molar-refractivity contribution is 0.111. The number of hydrogen-bond donors (Lipinski definition) is 1. The molecule has 2 aliphatic heterocycles. The van der Waals surface area contributed by atoms with Gasteiger partial charge in [-0.25, -0.2) is 14.2 Å². The van der Waals surface area contributed by atoms with Gasteiger partial charge in [0.15, 0.2) is 5.65 Å². The van der Waals surface area contributed by atoms with Crippen molar-refractivity contribution >= 4 is 23.3 Å². The fourth-order valence-electron chi connectivity index (χ4n) is 4.14. The Labute approximate surface area is 183 Å². The van der Waals surface area contributed by atoms with Gasteiger partial charge in [0.1, 0.15) is 17.9 Å². The van der Waals surface area contributed by atoms with E-state index in [-0.39, 0.29) is 18.5 Å². The van der Waals surface area contributed by atoms with E-state index in [1.54, 1.807) is 34.8 Å². The van der Waals surface area contributed by atoms with E-state index in [9.17, 15) is 9.18 Å². The molecule has 0 fully saturated rings. The second kappa shape index (κ2) is 8.45. The maximum atomic E-state index is 14.5. The number of benzene rings is 1. The molecule has 5 rings (SSSR count). The van der Waals surface area contributed by atoms with Crippen molar-refractivity contribution in [3.63, 3.8) is 0 Å². The van der Waals surface area contributed by atoms with Crippen molar-refractivity contribution in [1.29, 1.82) is 0 Å². The molecule has 0 unspecified atom stereocenters. The molecule has 0 bridgehead atoms. The van der Waals surface area contributed by atoms with Gasteiger partial charge in [-0.1, -0.05) is 6.08 Å². The summed E-state index contributed by atoms with van der Waals surface area (Å²) in [6.45, 7) is 4.01. The van der Waals surface area contributed by atoms with Crippen LogP contribution in [-0.4, -0.2) is 56.9 Å². The first-order chi connectivity index (χ1) is 15.7. The second-order valence-corrected chi connectivity index (χ2v) is 7.60. The van der Waals surface area contributed by atoms with Gasteiger partial charge in [-0.3, -0.25) is 4.40 Å². The van der Waals surface area contributed by atoms with E-state index < -0.39 is 0 Å². The maximum absolute atomic E-state index is 14.5. The lowest BCUT2D eigenvalue weighted by Gasteiger charge is -2.25. The summed E-state index contributed by atoms with van der Waals surface area (Å²) >= 11 is 0. The molecule has 32 heavy (non-hydrogen) atoms. The number of ether oxygens (including phenoxy) is 2. The van der Waals surface area contributed by atoms with Crippen LogP contribution in [0.15, 0.2) is 30.7 Å². The third-order valence-electron chi connectivity index (χ3n) is 5.78. The highest BCUT2D eigenvalue weighted by Crippen LogP contribution is 2.31. The smallest absolute Gasteiger partial charge is 0.410 e. The summed E-state index contributed by atoms with van der Waals surface area (Å²) in [4.78, 5) is 18.1. The zero-order valence-electron chi connectivity index (χ0n) is 17.7. The summed E-state index contributed by atoms with van der Waals surface area (Å²) in [5.41, 5.74) is 4.04. The van der Waals surface area contributed by atoms with Gasteiger partial charge in [0.25, 0.3) is 0 Å². The molecule has 1 N–H and O–H groups in total. The van der Waals surface area contributed by atoms with Gasteiger partial charge in [0.05, 0.1) is 13.2 Å². The van der Waals surface area contributed by atoms with E-state index >= 15 is 0 Å². The Morgan fingerprint density at radius 3 is 3.06 bits per heavy atom. The molecule has 0 spiro atoms. The predicted octanol–water partition coefficient (Wildman–Crippen LogP) is 3.06. The van der Waals surface area contributed by atoms with Crippen molar-refractivity contribution in [2.24, 2.45) is 0 Å². The molecule has 0 aliphatic carbocycles. The van der Waals surface area contributed by atoms with Crippen LogP contribution >= 0.6 is 0 Å². The minimum Gasteiger partial charge on any atom is -0.493 e. The van der Waals surface area contributed by atoms with E-state index in [1.165, 1.54) is 6.07 Å². The van der Waals surface area contributed by atoms with Crippen LogP contribution in [0.3, 0.4) is 0 Å². The van der Waals surface area contributed by atoms with Crippen molar-refractivity contribution in [3.8, 4) is 5.75 Å². The summed E-state index contributed by atoms with van der Waals surface area (Å²) in [7, 11) is 0. The fraction of sp³-hybridized carbons (Fsp3) is 0.364. The van der Waals surface area contributed by atoms with E-state index in [0.717, 1.165) is 22.4 Å². The second-order valence-electron chi connectivity index (χ2n) is 7.60. The highest BCUT2D eigenvalue weighted by Gasteiger charge is 2.22. The van der Waals surface area contributed by atoms with Crippen LogP contribution in [-0.2, 0) is 17.7 Å². The van der Waals surface area contributed by atoms with Crippen molar-refractivity contribution in [2.45, 2.75) is 26.3 Å². The lowest BCUT2D eigenvalue weighted by Crippen LogP contribution is -2.35. The topological polar surface area (TPSA) is 93.9 Å². The first-order valence-electron chi connectivity index (χ1n) is 10.6. The Kier molecular flexibility index (Phi) is 5.34. The fourth-order valence-corrected chi connectivity index (χ4v) is 4.14. The molecule has 0 atom stereocenters. The largest absolute Gasteiger partial charge is 0.493 e. The molecule has 3 aromatic rings. The number of amides is 1. The highest BCUT2D eigenvalue weighted by molar-refractivity contribution is 5.78. The van der Waals surface area contributed by atoms with Gasteiger partial charge >= 0.3 is 6.09 Å². The number of nitrogens with zero attached hydrogens (tertiary/aromatic N) is 5. The average Bonchev–Trinajstić information content (AvgIpc) is 3.49. The Bertz CT molecular complexity index is 1210. The Hall–Kier alpha value is -3.69. The molecule has 4 heterocycles. The lowest BCUT2D eigenvalue weighted by atomic mass is 10.0. The Balaban J connectivity index is 1.37. The zero-order chi connectivity index (χ0) is 22.1. The van der Waals surface area contributed by atoms with Crippen molar-refractivity contribution < 1.29 is 18.7 Å². The average molecular weight is 438 g/mol. The van der Waals surface area contributed by atoms with Crippen molar-refractivity contribution in [3.05, 3.63) is 53.2 Å². The quantitative estimate of drug-likeness (QED) is 0.654. The van der Waals surface area contributed by atoms with Crippen molar-refractivity contribution in [1.82, 2.24) is 24.5 Å². The number of anilines is 1. The summed E-state index contributed by atoms with van der Waals surface area (Å²) in [6.07, 6.45) is 6.36. The van der Waals surface area contributed by atoms with Crippen LogP contribution in [0, 0.1) is 5.82 Å². The third-order valence-corrected chi connectivity index (χ3v) is 5.78. The van der Waals surface area contributed by atoms with Crippen molar-refractivity contribution in [2.75, 3.05) is 31.6 Å². The number of nitrogens with one attached hydrogen (secondary N) is 1. The number of aromatic nitrogens is 4. The van der Waals surface area contributed by atoms with Gasteiger partial charge in [0.2, 0.25) is 5.95 Å². The summed E-state index contributed by atoms with van der Waals surface area (Å²) in [5.74, 6) is 0.994. The van der Waals surface area contributed by atoms with Gasteiger partial charge < -0.3 is 19.7 Å². The number of fused-ring (bicyclic) bond motifs is 2. The van der Waals surface area contributed by atoms with Crippen LogP contribution in [0.1, 0.15) is 30.0 Å². The molecule has 2 aliphatic rings. The number of rotatable bonds is 5. The minimum absolute atomic E-state index is 0.267. The van der Waals surface area contributed by atoms with Gasteiger partial charge in [-0.2, -0.15) is 0 Å². The number of halogens is 1. The number of carbonyl (C=O) groups excluding carboxylic acids is 1.